The van der Waals surface area contributed by atoms with Crippen molar-refractivity contribution in [2.75, 3.05) is 13.7 Å². The third kappa shape index (κ3) is 7.21. The van der Waals surface area contributed by atoms with Crippen LogP contribution < -0.4 is 0 Å². The van der Waals surface area contributed by atoms with Crippen LogP contribution in [0.5, 0.6) is 0 Å². The SMILES string of the molecule is C=C1CC2CCC34CC5OC6C(O3)C3OC(CCC3O[C@H]6C5O4)CC(=O)CC3C(CC4OC(CCC1O2)CC(C)C4=C)OC(CC(O)C(F)(F)CO)C3OC. The number of alkyl halides is 2. The average Bonchev–Trinajstić information content (AvgIpc) is 3.83. The number of rotatable bonds is 5. The molecule has 55 heavy (non-hydrogen) atoms. The quantitative estimate of drug-likeness (QED) is 0.389. The van der Waals surface area contributed by atoms with Crippen LogP contribution in [-0.2, 0) is 47.4 Å². The van der Waals surface area contributed by atoms with Crippen molar-refractivity contribution in [2.45, 2.75) is 200 Å². The van der Waals surface area contributed by atoms with Crippen LogP contribution in [0.25, 0.3) is 0 Å². The number of aliphatic hydroxyl groups is 2. The molecule has 0 aliphatic carbocycles. The highest BCUT2D eigenvalue weighted by atomic mass is 19.3. The number of ketones is 1. The van der Waals surface area contributed by atoms with Gasteiger partial charge in [-0.25, -0.2) is 8.78 Å². The van der Waals surface area contributed by atoms with E-state index in [0.29, 0.717) is 32.1 Å². The van der Waals surface area contributed by atoms with Gasteiger partial charge in [-0.2, -0.15) is 0 Å². The molecule has 0 radical (unpaired) electrons. The molecule has 1 spiro atoms. The molecule has 10 aliphatic heterocycles. The highest BCUT2D eigenvalue weighted by Crippen LogP contribution is 2.54. The minimum absolute atomic E-state index is 0.00690. The van der Waals surface area contributed by atoms with E-state index in [4.69, 9.17) is 42.6 Å². The van der Waals surface area contributed by atoms with Gasteiger partial charge in [0.2, 0.25) is 0 Å². The van der Waals surface area contributed by atoms with Crippen LogP contribution in [0.15, 0.2) is 24.3 Å². The van der Waals surface area contributed by atoms with E-state index >= 15 is 0 Å². The number of Topliss-reactive ketones (excluding diaryl/α,β-unsaturated/α-hetero) is 1. The first-order chi connectivity index (χ1) is 26.3. The molecule has 18 unspecified atom stereocenters. The van der Waals surface area contributed by atoms with E-state index in [2.05, 4.69) is 20.1 Å². The van der Waals surface area contributed by atoms with Crippen LogP contribution in [0.4, 0.5) is 8.78 Å². The largest absolute Gasteiger partial charge is 0.390 e. The Balaban J connectivity index is 0.993. The molecular formula is C41H58F2O12. The van der Waals surface area contributed by atoms with E-state index in [9.17, 15) is 23.8 Å². The van der Waals surface area contributed by atoms with Gasteiger partial charge in [0.25, 0.3) is 5.92 Å². The van der Waals surface area contributed by atoms with Crippen molar-refractivity contribution in [1.29, 1.82) is 0 Å². The lowest BCUT2D eigenvalue weighted by Gasteiger charge is -2.47. The van der Waals surface area contributed by atoms with Crippen LogP contribution >= 0.6 is 0 Å². The number of hydrogen-bond donors (Lipinski definition) is 2. The third-order valence-electron chi connectivity index (χ3n) is 14.4. The van der Waals surface area contributed by atoms with Gasteiger partial charge in [0.1, 0.15) is 49.0 Å². The van der Waals surface area contributed by atoms with Crippen LogP contribution in [0.3, 0.4) is 0 Å². The topological polar surface area (TPSA) is 141 Å². The predicted octanol–water partition coefficient (Wildman–Crippen LogP) is 4.11. The Bertz CT molecular complexity index is 1480. The summed E-state index contributed by atoms with van der Waals surface area (Å²) in [5, 5.41) is 19.7. The van der Waals surface area contributed by atoms with E-state index in [1.165, 1.54) is 7.11 Å². The molecule has 0 amide bonds. The zero-order valence-electron chi connectivity index (χ0n) is 31.9. The maximum atomic E-state index is 14.4. The number of hydrogen-bond acceptors (Lipinski definition) is 12. The fraction of sp³-hybridized carbons (Fsp3) is 0.878. The fourth-order valence-electron chi connectivity index (χ4n) is 11.4. The average molecular weight is 781 g/mol. The highest BCUT2D eigenvalue weighted by molar-refractivity contribution is 5.79. The van der Waals surface area contributed by atoms with Crippen molar-refractivity contribution < 1.29 is 66.4 Å². The van der Waals surface area contributed by atoms with Crippen LogP contribution in [0.1, 0.15) is 90.4 Å². The smallest absolute Gasteiger partial charge is 0.296 e. The van der Waals surface area contributed by atoms with Crippen molar-refractivity contribution in [3.05, 3.63) is 24.3 Å². The van der Waals surface area contributed by atoms with Crippen molar-refractivity contribution in [2.24, 2.45) is 11.8 Å². The molecule has 10 rings (SSSR count). The lowest BCUT2D eigenvalue weighted by molar-refractivity contribution is -0.292. The van der Waals surface area contributed by atoms with E-state index in [-0.39, 0.29) is 79.5 Å². The molecule has 19 atom stereocenters. The molecule has 2 N–H and O–H groups in total. The summed E-state index contributed by atoms with van der Waals surface area (Å²) < 4.78 is 88.1. The maximum absolute atomic E-state index is 14.4. The standard InChI is InChI=1S/C41H58F2O12/c1-19-11-23-5-7-27-20(2)12-25(48-27)9-10-40-17-32-36(54-40)37-38(53-32)39(55-40)35-28(52-37)8-6-24(50-35)13-22(45)14-26-30(15-29(49-23)21(19)3)51-31(34(26)47-4)16-33(46)41(42,43)18-44/h19,23-39,44,46H,2-3,5-18H2,1,4H3/t19?,23?,24?,25?,26?,27?,28?,29?,30?,31?,32?,33?,34?,35?,36?,37-,38?,39?,40?/m0/s1. The molecule has 10 saturated heterocycles. The zero-order valence-corrected chi connectivity index (χ0v) is 31.9. The molecule has 10 aliphatic rings. The van der Waals surface area contributed by atoms with E-state index in [1.807, 2.05) is 0 Å². The molecule has 0 aromatic carbocycles. The minimum atomic E-state index is -3.72. The first-order valence-electron chi connectivity index (χ1n) is 20.7. The van der Waals surface area contributed by atoms with E-state index < -0.39 is 73.4 Å². The summed E-state index contributed by atoms with van der Waals surface area (Å²) in [6, 6.07) is 0. The molecule has 14 heteroatoms. The van der Waals surface area contributed by atoms with Crippen molar-refractivity contribution in [3.8, 4) is 0 Å². The van der Waals surface area contributed by atoms with Crippen molar-refractivity contribution in [1.82, 2.24) is 0 Å². The highest BCUT2D eigenvalue weighted by Gasteiger charge is 2.68. The van der Waals surface area contributed by atoms with Crippen LogP contribution in [0, 0.1) is 11.8 Å². The van der Waals surface area contributed by atoms with Gasteiger partial charge in [0.05, 0.1) is 61.0 Å². The summed E-state index contributed by atoms with van der Waals surface area (Å²) in [6.07, 6.45) is -0.847. The van der Waals surface area contributed by atoms with E-state index in [1.54, 1.807) is 0 Å². The first kappa shape index (κ1) is 39.1. The Morgan fingerprint density at radius 3 is 2.35 bits per heavy atom. The lowest BCUT2D eigenvalue weighted by atomic mass is 9.81. The summed E-state index contributed by atoms with van der Waals surface area (Å²) in [5.41, 5.74) is 2.00. The number of fused-ring (bicyclic) bond motifs is 6. The van der Waals surface area contributed by atoms with Crippen molar-refractivity contribution >= 4 is 5.78 Å². The van der Waals surface area contributed by atoms with Gasteiger partial charge in [-0.15, -0.1) is 0 Å². The lowest BCUT2D eigenvalue weighted by Crippen LogP contribution is -2.61. The van der Waals surface area contributed by atoms with Gasteiger partial charge in [-0.05, 0) is 62.0 Å². The number of ether oxygens (including phenoxy) is 9. The van der Waals surface area contributed by atoms with Crippen molar-refractivity contribution in [3.63, 3.8) is 0 Å². The summed E-state index contributed by atoms with van der Waals surface area (Å²) in [4.78, 5) is 14.1. The first-order valence-corrected chi connectivity index (χ1v) is 20.7. The molecule has 0 saturated carbocycles. The molecular weight excluding hydrogens is 722 g/mol. The van der Waals surface area contributed by atoms with Gasteiger partial charge >= 0.3 is 0 Å². The zero-order chi connectivity index (χ0) is 38.4. The normalized spacial score (nSPS) is 50.5. The van der Waals surface area contributed by atoms with Crippen LogP contribution in [-0.4, -0.2) is 139 Å². The Morgan fingerprint density at radius 2 is 1.55 bits per heavy atom. The Morgan fingerprint density at radius 1 is 0.818 bits per heavy atom. The number of carbonyl (C=O) groups is 1. The summed E-state index contributed by atoms with van der Waals surface area (Å²) >= 11 is 0. The number of aliphatic hydroxyl groups excluding tert-OH is 2. The van der Waals surface area contributed by atoms with E-state index in [0.717, 1.165) is 43.3 Å². The maximum Gasteiger partial charge on any atom is 0.296 e. The second kappa shape index (κ2) is 15.0. The van der Waals surface area contributed by atoms with Crippen LogP contribution in [0.2, 0.25) is 0 Å². The molecule has 308 valence electrons. The Kier molecular flexibility index (Phi) is 10.6. The van der Waals surface area contributed by atoms with Gasteiger partial charge in [-0.3, -0.25) is 4.79 Å². The molecule has 10 fully saturated rings. The molecule has 12 nitrogen and oxygen atoms in total. The summed E-state index contributed by atoms with van der Waals surface area (Å²) in [5.74, 6) is -4.97. The second-order valence-electron chi connectivity index (χ2n) is 18.0. The molecule has 0 aromatic heterocycles. The van der Waals surface area contributed by atoms with Gasteiger partial charge < -0.3 is 52.8 Å². The monoisotopic (exact) mass is 780 g/mol. The minimum Gasteiger partial charge on any atom is -0.390 e. The number of carbonyl (C=O) groups excluding carboxylic acids is 1. The molecule has 10 heterocycles. The molecule has 0 aromatic rings. The van der Waals surface area contributed by atoms with Gasteiger partial charge in [0, 0.05) is 51.6 Å². The fourth-order valence-corrected chi connectivity index (χ4v) is 11.4. The molecule has 12 bridgehead atoms. The predicted molar refractivity (Wildman–Crippen MR) is 189 cm³/mol. The summed E-state index contributed by atoms with van der Waals surface area (Å²) in [7, 11) is 1.47. The summed E-state index contributed by atoms with van der Waals surface area (Å²) in [6.45, 7) is 9.42. The third-order valence-corrected chi connectivity index (χ3v) is 14.4. The number of methoxy groups -OCH3 is 1. The number of halogens is 2. The van der Waals surface area contributed by atoms with Gasteiger partial charge in [0.15, 0.2) is 5.79 Å². The Hall–Kier alpha value is -1.43. The second-order valence-corrected chi connectivity index (χ2v) is 18.0. The van der Waals surface area contributed by atoms with Gasteiger partial charge in [-0.1, -0.05) is 20.1 Å². The Labute approximate surface area is 321 Å².